The Morgan fingerprint density at radius 1 is 1.40 bits per heavy atom. The maximum Gasteiger partial charge on any atom is 0.240 e. The zero-order valence-corrected chi connectivity index (χ0v) is 12.7. The van der Waals surface area contributed by atoms with Gasteiger partial charge in [0.25, 0.3) is 0 Å². The average molecular weight is 299 g/mol. The first-order valence-electron chi connectivity index (χ1n) is 6.68. The lowest BCUT2D eigenvalue weighted by atomic mass is 9.80. The number of ether oxygens (including phenoxy) is 1. The van der Waals surface area contributed by atoms with Gasteiger partial charge < -0.3 is 9.84 Å². The van der Waals surface area contributed by atoms with Crippen LogP contribution in [0, 0.1) is 6.92 Å². The summed E-state index contributed by atoms with van der Waals surface area (Å²) < 4.78 is 32.8. The van der Waals surface area contributed by atoms with Gasteiger partial charge in [0.2, 0.25) is 10.0 Å². The minimum Gasteiger partial charge on any atom is -0.392 e. The Morgan fingerprint density at radius 2 is 2.10 bits per heavy atom. The van der Waals surface area contributed by atoms with Gasteiger partial charge >= 0.3 is 0 Å². The van der Waals surface area contributed by atoms with E-state index in [-0.39, 0.29) is 23.6 Å². The van der Waals surface area contributed by atoms with E-state index in [0.717, 1.165) is 19.3 Å². The molecule has 1 saturated carbocycles. The molecular weight excluding hydrogens is 278 g/mol. The van der Waals surface area contributed by atoms with Crippen molar-refractivity contribution in [3.8, 4) is 0 Å². The predicted molar refractivity (Wildman–Crippen MR) is 75.9 cm³/mol. The molecule has 1 aliphatic rings. The smallest absolute Gasteiger partial charge is 0.240 e. The Labute approximate surface area is 120 Å². The van der Waals surface area contributed by atoms with Gasteiger partial charge in [-0.25, -0.2) is 13.1 Å². The van der Waals surface area contributed by atoms with E-state index in [4.69, 9.17) is 9.84 Å². The van der Waals surface area contributed by atoms with E-state index in [0.29, 0.717) is 11.1 Å². The molecule has 20 heavy (non-hydrogen) atoms. The summed E-state index contributed by atoms with van der Waals surface area (Å²) in [4.78, 5) is 0.217. The van der Waals surface area contributed by atoms with Crippen LogP contribution in [0.4, 0.5) is 0 Å². The molecule has 1 fully saturated rings. The van der Waals surface area contributed by atoms with Crippen LogP contribution in [0.15, 0.2) is 23.1 Å². The van der Waals surface area contributed by atoms with Crippen molar-refractivity contribution in [2.75, 3.05) is 13.7 Å². The van der Waals surface area contributed by atoms with Crippen LogP contribution >= 0.6 is 0 Å². The van der Waals surface area contributed by atoms with E-state index in [1.54, 1.807) is 26.2 Å². The molecule has 0 heterocycles. The first kappa shape index (κ1) is 15.4. The van der Waals surface area contributed by atoms with Crippen molar-refractivity contribution in [2.24, 2.45) is 0 Å². The van der Waals surface area contributed by atoms with E-state index in [9.17, 15) is 8.42 Å². The van der Waals surface area contributed by atoms with Crippen molar-refractivity contribution in [3.63, 3.8) is 0 Å². The van der Waals surface area contributed by atoms with E-state index in [1.165, 1.54) is 6.07 Å². The number of rotatable bonds is 6. The Morgan fingerprint density at radius 3 is 2.60 bits per heavy atom. The van der Waals surface area contributed by atoms with Gasteiger partial charge in [-0.1, -0.05) is 12.1 Å². The number of nitrogens with one attached hydrogen (secondary N) is 1. The molecule has 1 aromatic carbocycles. The molecule has 2 rings (SSSR count). The van der Waals surface area contributed by atoms with Crippen LogP contribution in [-0.4, -0.2) is 32.8 Å². The molecule has 0 aromatic heterocycles. The maximum absolute atomic E-state index is 12.4. The van der Waals surface area contributed by atoms with Crippen molar-refractivity contribution < 1.29 is 18.3 Å². The van der Waals surface area contributed by atoms with Crippen molar-refractivity contribution >= 4 is 10.0 Å². The van der Waals surface area contributed by atoms with Crippen LogP contribution in [0.2, 0.25) is 0 Å². The highest BCUT2D eigenvalue weighted by Crippen LogP contribution is 2.34. The number of aliphatic hydroxyl groups is 1. The highest BCUT2D eigenvalue weighted by molar-refractivity contribution is 7.89. The number of aryl methyl sites for hydroxylation is 1. The van der Waals surface area contributed by atoms with Crippen LogP contribution in [0.3, 0.4) is 0 Å². The zero-order valence-electron chi connectivity index (χ0n) is 11.8. The summed E-state index contributed by atoms with van der Waals surface area (Å²) in [5.74, 6) is 0. The summed E-state index contributed by atoms with van der Waals surface area (Å²) >= 11 is 0. The Hall–Kier alpha value is -0.950. The highest BCUT2D eigenvalue weighted by atomic mass is 32.2. The first-order chi connectivity index (χ1) is 9.42. The standard InChI is InChI=1S/C14H21NO4S/c1-11-4-5-12(9-16)8-13(11)20(17,18)15-10-14(19-2)6-3-7-14/h4-5,8,15-16H,3,6-7,9-10H2,1-2H3. The van der Waals surface area contributed by atoms with Gasteiger partial charge in [0.05, 0.1) is 17.1 Å². The van der Waals surface area contributed by atoms with Gasteiger partial charge in [0, 0.05) is 13.7 Å². The second-order valence-electron chi connectivity index (χ2n) is 5.32. The number of hydrogen-bond donors (Lipinski definition) is 2. The molecular formula is C14H21NO4S. The molecule has 0 unspecified atom stereocenters. The summed E-state index contributed by atoms with van der Waals surface area (Å²) in [6.07, 6.45) is 2.82. The van der Waals surface area contributed by atoms with Crippen LogP contribution in [0.5, 0.6) is 0 Å². The molecule has 6 heteroatoms. The third kappa shape index (κ3) is 3.03. The molecule has 112 valence electrons. The molecule has 1 aliphatic carbocycles. The average Bonchev–Trinajstić information content (AvgIpc) is 2.38. The molecule has 1 aromatic rings. The summed E-state index contributed by atoms with van der Waals surface area (Å²) in [5, 5.41) is 9.13. The number of sulfonamides is 1. The van der Waals surface area contributed by atoms with E-state index >= 15 is 0 Å². The lowest BCUT2D eigenvalue weighted by Crippen LogP contribution is -2.49. The largest absolute Gasteiger partial charge is 0.392 e. The van der Waals surface area contributed by atoms with Crippen LogP contribution in [-0.2, 0) is 21.4 Å². The minimum absolute atomic E-state index is 0.176. The van der Waals surface area contributed by atoms with Crippen molar-refractivity contribution in [1.29, 1.82) is 0 Å². The van der Waals surface area contributed by atoms with Crippen LogP contribution in [0.1, 0.15) is 30.4 Å². The first-order valence-corrected chi connectivity index (χ1v) is 8.16. The molecule has 0 radical (unpaired) electrons. The van der Waals surface area contributed by atoms with Gasteiger partial charge in [0.15, 0.2) is 0 Å². The number of hydrogen-bond acceptors (Lipinski definition) is 4. The SMILES string of the molecule is COC1(CNS(=O)(=O)c2cc(CO)ccc2C)CCC1. The summed E-state index contributed by atoms with van der Waals surface area (Å²) in [6.45, 7) is 1.85. The third-order valence-electron chi connectivity index (χ3n) is 4.01. The molecule has 5 nitrogen and oxygen atoms in total. The van der Waals surface area contributed by atoms with Gasteiger partial charge in [-0.05, 0) is 43.4 Å². The monoisotopic (exact) mass is 299 g/mol. The fourth-order valence-corrected chi connectivity index (χ4v) is 3.77. The third-order valence-corrected chi connectivity index (χ3v) is 5.55. The second kappa shape index (κ2) is 5.81. The van der Waals surface area contributed by atoms with E-state index in [2.05, 4.69) is 4.72 Å². The van der Waals surface area contributed by atoms with E-state index in [1.807, 2.05) is 0 Å². The topological polar surface area (TPSA) is 75.6 Å². The molecule has 0 amide bonds. The molecule has 2 N–H and O–H groups in total. The summed E-state index contributed by atoms with van der Waals surface area (Å²) in [7, 11) is -1.97. The number of aliphatic hydroxyl groups excluding tert-OH is 1. The van der Waals surface area contributed by atoms with Crippen molar-refractivity contribution in [2.45, 2.75) is 43.3 Å². The summed E-state index contributed by atoms with van der Waals surface area (Å²) in [6, 6.07) is 4.93. The maximum atomic E-state index is 12.4. The normalized spacial score (nSPS) is 17.8. The van der Waals surface area contributed by atoms with Crippen LogP contribution in [0.25, 0.3) is 0 Å². The Bertz CT molecular complexity index is 573. The van der Waals surface area contributed by atoms with Crippen LogP contribution < -0.4 is 4.72 Å². The molecule has 0 aliphatic heterocycles. The predicted octanol–water partition coefficient (Wildman–Crippen LogP) is 1.33. The number of methoxy groups -OCH3 is 1. The van der Waals surface area contributed by atoms with Gasteiger partial charge in [0.1, 0.15) is 0 Å². The van der Waals surface area contributed by atoms with E-state index < -0.39 is 10.0 Å². The Kier molecular flexibility index (Phi) is 4.49. The molecule has 0 spiro atoms. The Balaban J connectivity index is 2.18. The molecule has 0 atom stereocenters. The lowest BCUT2D eigenvalue weighted by Gasteiger charge is -2.40. The molecule has 0 bridgehead atoms. The summed E-state index contributed by atoms with van der Waals surface area (Å²) in [5.41, 5.74) is 0.895. The van der Waals surface area contributed by atoms with Crippen molar-refractivity contribution in [3.05, 3.63) is 29.3 Å². The number of benzene rings is 1. The zero-order chi connectivity index (χ0) is 14.8. The fourth-order valence-electron chi connectivity index (χ4n) is 2.36. The quantitative estimate of drug-likeness (QED) is 0.831. The van der Waals surface area contributed by atoms with Gasteiger partial charge in [-0.15, -0.1) is 0 Å². The highest BCUT2D eigenvalue weighted by Gasteiger charge is 2.38. The van der Waals surface area contributed by atoms with Crippen molar-refractivity contribution in [1.82, 2.24) is 4.72 Å². The van der Waals surface area contributed by atoms with Gasteiger partial charge in [-0.2, -0.15) is 0 Å². The fraction of sp³-hybridized carbons (Fsp3) is 0.571. The lowest BCUT2D eigenvalue weighted by molar-refractivity contribution is -0.0659. The van der Waals surface area contributed by atoms with Gasteiger partial charge in [-0.3, -0.25) is 0 Å². The minimum atomic E-state index is -3.58. The second-order valence-corrected chi connectivity index (χ2v) is 7.06. The molecule has 0 saturated heterocycles.